The number of halogens is 2. The van der Waals surface area contributed by atoms with Crippen LogP contribution in [-0.2, 0) is 4.79 Å². The maximum absolute atomic E-state index is 11.8. The second kappa shape index (κ2) is 5.20. The number of anilines is 1. The highest BCUT2D eigenvalue weighted by Gasteiger charge is 2.41. The molecule has 4 nitrogen and oxygen atoms in total. The molecule has 6 heteroatoms. The number of rotatable bonds is 1. The Balaban J connectivity index is 1.94. The van der Waals surface area contributed by atoms with Gasteiger partial charge in [-0.25, -0.2) is 0 Å². The van der Waals surface area contributed by atoms with Gasteiger partial charge in [0.25, 0.3) is 0 Å². The van der Waals surface area contributed by atoms with Gasteiger partial charge in [0.05, 0.1) is 15.2 Å². The molecule has 0 spiro atoms. The van der Waals surface area contributed by atoms with Crippen LogP contribution in [-0.4, -0.2) is 41.1 Å². The van der Waals surface area contributed by atoms with Gasteiger partial charge in [-0.05, 0) is 40.9 Å². The van der Waals surface area contributed by atoms with Crippen molar-refractivity contribution in [3.05, 3.63) is 27.2 Å². The summed E-state index contributed by atoms with van der Waals surface area (Å²) in [6.45, 7) is 2.24. The molecule has 108 valence electrons. The Bertz CT molecular complexity index is 566. The minimum absolute atomic E-state index is 0.131. The van der Waals surface area contributed by atoms with Crippen molar-refractivity contribution in [3.63, 3.8) is 0 Å². The zero-order chi connectivity index (χ0) is 14.4. The van der Waals surface area contributed by atoms with Crippen LogP contribution in [0.4, 0.5) is 5.69 Å². The van der Waals surface area contributed by atoms with E-state index in [1.165, 1.54) is 5.56 Å². The molecule has 2 unspecified atom stereocenters. The number of piperidine rings is 1. The van der Waals surface area contributed by atoms with Crippen molar-refractivity contribution in [1.82, 2.24) is 4.90 Å². The number of nitrogens with zero attached hydrogens (tertiary/aromatic N) is 1. The van der Waals surface area contributed by atoms with Gasteiger partial charge in [-0.15, -0.1) is 0 Å². The zero-order valence-corrected chi connectivity index (χ0v) is 13.4. The lowest BCUT2D eigenvalue weighted by Gasteiger charge is -2.40. The molecule has 1 amide bonds. The summed E-state index contributed by atoms with van der Waals surface area (Å²) < 4.78 is 0.888. The number of carbonyl (C=O) groups is 1. The third-order valence-electron chi connectivity index (χ3n) is 4.32. The van der Waals surface area contributed by atoms with Crippen LogP contribution in [0.25, 0.3) is 0 Å². The van der Waals surface area contributed by atoms with E-state index >= 15 is 0 Å². The standard InChI is InChI=1S/C14H16BrClN2O2/c1-7-4-11-9(5-18(7)12(20)6-19)8-2-3-10(16)13(15)14(8)17-11/h2-3,7,9,11,17,19H,4-6H2,1H3/t7-,9?,11?/m1/s1. The summed E-state index contributed by atoms with van der Waals surface area (Å²) in [4.78, 5) is 13.6. The van der Waals surface area contributed by atoms with Crippen molar-refractivity contribution >= 4 is 39.1 Å². The van der Waals surface area contributed by atoms with Crippen LogP contribution in [0.3, 0.4) is 0 Å². The van der Waals surface area contributed by atoms with Crippen molar-refractivity contribution in [2.75, 3.05) is 18.5 Å². The van der Waals surface area contributed by atoms with Gasteiger partial charge in [-0.2, -0.15) is 0 Å². The number of hydrogen-bond donors (Lipinski definition) is 2. The molecular formula is C14H16BrClN2O2. The Morgan fingerprint density at radius 3 is 3.05 bits per heavy atom. The quantitative estimate of drug-likeness (QED) is 0.810. The Morgan fingerprint density at radius 2 is 2.35 bits per heavy atom. The fourth-order valence-corrected chi connectivity index (χ4v) is 3.93. The van der Waals surface area contributed by atoms with E-state index in [0.29, 0.717) is 17.6 Å². The van der Waals surface area contributed by atoms with E-state index in [0.717, 1.165) is 16.6 Å². The molecule has 0 saturated carbocycles. The van der Waals surface area contributed by atoms with Crippen molar-refractivity contribution in [1.29, 1.82) is 0 Å². The zero-order valence-electron chi connectivity index (χ0n) is 11.1. The van der Waals surface area contributed by atoms with Crippen LogP contribution in [0.1, 0.15) is 24.8 Å². The molecule has 3 rings (SSSR count). The highest BCUT2D eigenvalue weighted by atomic mass is 79.9. The normalized spacial score (nSPS) is 27.8. The van der Waals surface area contributed by atoms with Gasteiger partial charge in [-0.1, -0.05) is 17.7 Å². The highest BCUT2D eigenvalue weighted by Crippen LogP contribution is 2.46. The molecular weight excluding hydrogens is 344 g/mol. The van der Waals surface area contributed by atoms with E-state index in [4.69, 9.17) is 16.7 Å². The largest absolute Gasteiger partial charge is 0.387 e. The molecule has 1 aromatic carbocycles. The molecule has 1 aromatic rings. The number of carbonyl (C=O) groups excluding carboxylic acids is 1. The van der Waals surface area contributed by atoms with Crippen LogP contribution < -0.4 is 5.32 Å². The Morgan fingerprint density at radius 1 is 1.60 bits per heavy atom. The van der Waals surface area contributed by atoms with Crippen molar-refractivity contribution in [2.24, 2.45) is 0 Å². The van der Waals surface area contributed by atoms with Gasteiger partial charge in [0.2, 0.25) is 5.91 Å². The van der Waals surface area contributed by atoms with Gasteiger partial charge < -0.3 is 15.3 Å². The van der Waals surface area contributed by atoms with E-state index in [9.17, 15) is 4.79 Å². The number of likely N-dealkylation sites (tertiary alicyclic amines) is 1. The smallest absolute Gasteiger partial charge is 0.248 e. The molecule has 0 aromatic heterocycles. The Hall–Kier alpha value is -0.780. The summed E-state index contributed by atoms with van der Waals surface area (Å²) in [6.07, 6.45) is 0.870. The van der Waals surface area contributed by atoms with Gasteiger partial charge in [0, 0.05) is 24.5 Å². The van der Waals surface area contributed by atoms with E-state index in [1.807, 2.05) is 19.1 Å². The average Bonchev–Trinajstić information content (AvgIpc) is 2.79. The summed E-state index contributed by atoms with van der Waals surface area (Å²) in [5, 5.41) is 13.3. The van der Waals surface area contributed by atoms with Gasteiger partial charge in [-0.3, -0.25) is 4.79 Å². The van der Waals surface area contributed by atoms with E-state index < -0.39 is 6.61 Å². The maximum atomic E-state index is 11.8. The number of fused-ring (bicyclic) bond motifs is 3. The molecule has 0 aliphatic carbocycles. The van der Waals surface area contributed by atoms with Crippen LogP contribution >= 0.6 is 27.5 Å². The fourth-order valence-electron chi connectivity index (χ4n) is 3.30. The lowest BCUT2D eigenvalue weighted by molar-refractivity contribution is -0.137. The third-order valence-corrected chi connectivity index (χ3v) is 5.68. The fraction of sp³-hybridized carbons (Fsp3) is 0.500. The number of hydrogen-bond acceptors (Lipinski definition) is 3. The number of benzene rings is 1. The summed E-state index contributed by atoms with van der Waals surface area (Å²) in [7, 11) is 0. The lowest BCUT2D eigenvalue weighted by Crippen LogP contribution is -2.50. The molecule has 0 radical (unpaired) electrons. The molecule has 2 N–H and O–H groups in total. The minimum Gasteiger partial charge on any atom is -0.387 e. The first kappa shape index (κ1) is 14.2. The summed E-state index contributed by atoms with van der Waals surface area (Å²) >= 11 is 9.66. The third kappa shape index (κ3) is 2.12. The SMILES string of the molecule is C[C@@H]1CC2Nc3c(ccc(Cl)c3Br)C2CN1C(=O)CO. The Kier molecular flexibility index (Phi) is 3.69. The van der Waals surface area contributed by atoms with E-state index in [-0.39, 0.29) is 17.9 Å². The number of amides is 1. The van der Waals surface area contributed by atoms with Gasteiger partial charge in [0.15, 0.2) is 0 Å². The molecule has 20 heavy (non-hydrogen) atoms. The molecule has 2 heterocycles. The molecule has 2 aliphatic rings. The number of aliphatic hydroxyl groups excluding tert-OH is 1. The highest BCUT2D eigenvalue weighted by molar-refractivity contribution is 9.10. The molecule has 1 fully saturated rings. The first-order valence-corrected chi connectivity index (χ1v) is 7.84. The Labute approximate surface area is 131 Å². The summed E-state index contributed by atoms with van der Waals surface area (Å²) in [5.74, 6) is 0.0581. The number of nitrogens with one attached hydrogen (secondary N) is 1. The van der Waals surface area contributed by atoms with Crippen molar-refractivity contribution in [2.45, 2.75) is 31.3 Å². The molecule has 2 aliphatic heterocycles. The molecule has 1 saturated heterocycles. The topological polar surface area (TPSA) is 52.6 Å². The van der Waals surface area contributed by atoms with Crippen LogP contribution in [0, 0.1) is 0 Å². The van der Waals surface area contributed by atoms with Crippen LogP contribution in [0.15, 0.2) is 16.6 Å². The van der Waals surface area contributed by atoms with Crippen LogP contribution in [0.5, 0.6) is 0 Å². The number of aliphatic hydroxyl groups is 1. The predicted octanol–water partition coefficient (Wildman–Crippen LogP) is 2.59. The molecule has 0 bridgehead atoms. The first-order valence-electron chi connectivity index (χ1n) is 6.67. The first-order chi connectivity index (χ1) is 9.52. The van der Waals surface area contributed by atoms with Crippen molar-refractivity contribution < 1.29 is 9.90 Å². The van der Waals surface area contributed by atoms with E-state index in [2.05, 4.69) is 21.2 Å². The monoisotopic (exact) mass is 358 g/mol. The maximum Gasteiger partial charge on any atom is 0.248 e. The average molecular weight is 360 g/mol. The lowest BCUT2D eigenvalue weighted by atomic mass is 9.86. The summed E-state index contributed by atoms with van der Waals surface area (Å²) in [6, 6.07) is 4.35. The predicted molar refractivity (Wildman–Crippen MR) is 82.2 cm³/mol. The van der Waals surface area contributed by atoms with Gasteiger partial charge in [0.1, 0.15) is 6.61 Å². The van der Waals surface area contributed by atoms with Gasteiger partial charge >= 0.3 is 0 Å². The van der Waals surface area contributed by atoms with Crippen LogP contribution in [0.2, 0.25) is 5.02 Å². The minimum atomic E-state index is -0.424. The van der Waals surface area contributed by atoms with E-state index in [1.54, 1.807) is 4.90 Å². The second-order valence-corrected chi connectivity index (χ2v) is 6.67. The second-order valence-electron chi connectivity index (χ2n) is 5.47. The summed E-state index contributed by atoms with van der Waals surface area (Å²) in [5.41, 5.74) is 2.23. The molecule has 3 atom stereocenters. The van der Waals surface area contributed by atoms with Crippen molar-refractivity contribution in [3.8, 4) is 0 Å².